The van der Waals surface area contributed by atoms with Crippen molar-refractivity contribution in [1.29, 1.82) is 0 Å². The van der Waals surface area contributed by atoms with E-state index in [2.05, 4.69) is 5.32 Å². The Morgan fingerprint density at radius 1 is 1.38 bits per heavy atom. The molecule has 0 unspecified atom stereocenters. The van der Waals surface area contributed by atoms with Crippen LogP contribution < -0.4 is 5.32 Å². The topological polar surface area (TPSA) is 69.6 Å². The zero-order chi connectivity index (χ0) is 12.6. The van der Waals surface area contributed by atoms with Crippen LogP contribution in [-0.2, 0) is 4.79 Å². The molecule has 5 heteroatoms. The number of rotatable bonds is 6. The van der Waals surface area contributed by atoms with Gasteiger partial charge in [0, 0.05) is 26.6 Å². The number of carboxylic acid groups (broad SMARTS) is 1. The number of carbonyl (C=O) groups is 2. The third-order valence-corrected chi connectivity index (χ3v) is 1.99. The molecule has 0 aromatic rings. The van der Waals surface area contributed by atoms with Gasteiger partial charge in [-0.05, 0) is 20.3 Å². The Hall–Kier alpha value is -1.52. The van der Waals surface area contributed by atoms with E-state index in [1.807, 2.05) is 19.9 Å². The molecule has 0 heterocycles. The Morgan fingerprint density at radius 2 is 2.00 bits per heavy atom. The molecule has 0 bridgehead atoms. The number of nitrogens with one attached hydrogen (secondary N) is 1. The summed E-state index contributed by atoms with van der Waals surface area (Å²) in [4.78, 5) is 23.2. The summed E-state index contributed by atoms with van der Waals surface area (Å²) < 4.78 is 0. The van der Waals surface area contributed by atoms with Crippen LogP contribution in [-0.4, -0.2) is 42.1 Å². The van der Waals surface area contributed by atoms with Crippen molar-refractivity contribution in [1.82, 2.24) is 10.2 Å². The summed E-state index contributed by atoms with van der Waals surface area (Å²) in [5, 5.41) is 11.2. The van der Waals surface area contributed by atoms with Gasteiger partial charge < -0.3 is 15.3 Å². The first-order valence-electron chi connectivity index (χ1n) is 5.27. The van der Waals surface area contributed by atoms with Crippen molar-refractivity contribution < 1.29 is 14.7 Å². The average molecular weight is 228 g/mol. The molecule has 0 atom stereocenters. The van der Waals surface area contributed by atoms with E-state index in [1.165, 1.54) is 4.90 Å². The van der Waals surface area contributed by atoms with Crippen LogP contribution in [0.2, 0.25) is 0 Å². The SMILES string of the molecule is CC(C)=CCNC(=O)N(C)CCCC(=O)O. The molecule has 0 saturated carbocycles. The zero-order valence-corrected chi connectivity index (χ0v) is 10.1. The maximum atomic E-state index is 11.4. The van der Waals surface area contributed by atoms with E-state index in [0.29, 0.717) is 19.5 Å². The third-order valence-electron chi connectivity index (χ3n) is 1.99. The quantitative estimate of drug-likeness (QED) is 0.676. The largest absolute Gasteiger partial charge is 0.481 e. The second-order valence-electron chi connectivity index (χ2n) is 3.89. The molecule has 2 N–H and O–H groups in total. The Bertz CT molecular complexity index is 270. The maximum absolute atomic E-state index is 11.4. The minimum absolute atomic E-state index is 0.0889. The molecule has 0 rings (SSSR count). The molecule has 0 fully saturated rings. The molecule has 0 saturated heterocycles. The van der Waals surface area contributed by atoms with Crippen LogP contribution in [0.25, 0.3) is 0 Å². The van der Waals surface area contributed by atoms with Gasteiger partial charge in [0.15, 0.2) is 0 Å². The van der Waals surface area contributed by atoms with E-state index in [1.54, 1.807) is 7.05 Å². The van der Waals surface area contributed by atoms with Gasteiger partial charge in [-0.2, -0.15) is 0 Å². The molecule has 16 heavy (non-hydrogen) atoms. The summed E-state index contributed by atoms with van der Waals surface area (Å²) in [5.74, 6) is -0.835. The predicted molar refractivity (Wildman–Crippen MR) is 62.3 cm³/mol. The van der Waals surface area contributed by atoms with Crippen molar-refractivity contribution in [2.75, 3.05) is 20.1 Å². The lowest BCUT2D eigenvalue weighted by Crippen LogP contribution is -2.38. The first-order valence-corrected chi connectivity index (χ1v) is 5.27. The minimum atomic E-state index is -0.835. The van der Waals surface area contributed by atoms with Gasteiger partial charge in [-0.1, -0.05) is 11.6 Å². The van der Waals surface area contributed by atoms with Gasteiger partial charge in [0.05, 0.1) is 0 Å². The number of amides is 2. The van der Waals surface area contributed by atoms with Gasteiger partial charge in [-0.3, -0.25) is 4.79 Å². The number of nitrogens with zero attached hydrogens (tertiary/aromatic N) is 1. The van der Waals surface area contributed by atoms with Crippen molar-refractivity contribution in [2.45, 2.75) is 26.7 Å². The van der Waals surface area contributed by atoms with Crippen LogP contribution in [0, 0.1) is 0 Å². The van der Waals surface area contributed by atoms with Crippen molar-refractivity contribution >= 4 is 12.0 Å². The molecular formula is C11H20N2O3. The number of allylic oxidation sites excluding steroid dienone is 1. The first-order chi connectivity index (χ1) is 7.43. The highest BCUT2D eigenvalue weighted by Gasteiger charge is 2.07. The van der Waals surface area contributed by atoms with Crippen molar-refractivity contribution in [3.05, 3.63) is 11.6 Å². The monoisotopic (exact) mass is 228 g/mol. The Labute approximate surface area is 96.1 Å². The lowest BCUT2D eigenvalue weighted by atomic mass is 10.3. The highest BCUT2D eigenvalue weighted by molar-refractivity contribution is 5.74. The number of aliphatic carboxylic acids is 1. The summed E-state index contributed by atoms with van der Waals surface area (Å²) in [6.45, 7) is 4.88. The van der Waals surface area contributed by atoms with Crippen LogP contribution in [0.3, 0.4) is 0 Å². The number of hydrogen-bond donors (Lipinski definition) is 2. The fraction of sp³-hybridized carbons (Fsp3) is 0.636. The summed E-state index contributed by atoms with van der Waals surface area (Å²) >= 11 is 0. The molecule has 5 nitrogen and oxygen atoms in total. The third kappa shape index (κ3) is 7.84. The van der Waals surface area contributed by atoms with E-state index >= 15 is 0 Å². The minimum Gasteiger partial charge on any atom is -0.481 e. The normalized spacial score (nSPS) is 9.44. The fourth-order valence-electron chi connectivity index (χ4n) is 1.05. The number of carbonyl (C=O) groups excluding carboxylic acids is 1. The summed E-state index contributed by atoms with van der Waals surface area (Å²) in [6, 6.07) is -0.178. The average Bonchev–Trinajstić information content (AvgIpc) is 2.16. The second kappa shape index (κ2) is 7.73. The summed E-state index contributed by atoms with van der Waals surface area (Å²) in [6.07, 6.45) is 2.48. The van der Waals surface area contributed by atoms with Crippen molar-refractivity contribution in [3.8, 4) is 0 Å². The van der Waals surface area contributed by atoms with Gasteiger partial charge in [0.1, 0.15) is 0 Å². The molecule has 92 valence electrons. The molecule has 2 amide bonds. The molecule has 0 radical (unpaired) electrons. The van der Waals surface area contributed by atoms with E-state index in [9.17, 15) is 9.59 Å². The molecule has 0 aliphatic heterocycles. The fourth-order valence-corrected chi connectivity index (χ4v) is 1.05. The highest BCUT2D eigenvalue weighted by Crippen LogP contribution is 1.94. The Kier molecular flexibility index (Phi) is 7.00. The van der Waals surface area contributed by atoms with E-state index < -0.39 is 5.97 Å². The molecular weight excluding hydrogens is 208 g/mol. The van der Waals surface area contributed by atoms with Crippen LogP contribution in [0.5, 0.6) is 0 Å². The standard InChI is InChI=1S/C11H20N2O3/c1-9(2)6-7-12-11(16)13(3)8-4-5-10(14)15/h6H,4-5,7-8H2,1-3H3,(H,12,16)(H,14,15). The van der Waals surface area contributed by atoms with E-state index in [0.717, 1.165) is 5.57 Å². The molecule has 0 spiro atoms. The maximum Gasteiger partial charge on any atom is 0.317 e. The smallest absolute Gasteiger partial charge is 0.317 e. The summed E-state index contributed by atoms with van der Waals surface area (Å²) in [5.41, 5.74) is 1.15. The molecule has 0 aliphatic carbocycles. The first kappa shape index (κ1) is 14.5. The van der Waals surface area contributed by atoms with Crippen LogP contribution in [0.4, 0.5) is 4.79 Å². The van der Waals surface area contributed by atoms with Crippen molar-refractivity contribution in [3.63, 3.8) is 0 Å². The van der Waals surface area contributed by atoms with Gasteiger partial charge in [-0.15, -0.1) is 0 Å². The Balaban J connectivity index is 3.73. The van der Waals surface area contributed by atoms with Crippen LogP contribution >= 0.6 is 0 Å². The number of urea groups is 1. The number of carboxylic acids is 1. The zero-order valence-electron chi connectivity index (χ0n) is 10.1. The van der Waals surface area contributed by atoms with Gasteiger partial charge in [0.25, 0.3) is 0 Å². The van der Waals surface area contributed by atoms with Crippen LogP contribution in [0.1, 0.15) is 26.7 Å². The van der Waals surface area contributed by atoms with Gasteiger partial charge in [0.2, 0.25) is 0 Å². The van der Waals surface area contributed by atoms with Crippen molar-refractivity contribution in [2.24, 2.45) is 0 Å². The van der Waals surface area contributed by atoms with Gasteiger partial charge in [-0.25, -0.2) is 4.79 Å². The molecule has 0 aromatic carbocycles. The highest BCUT2D eigenvalue weighted by atomic mass is 16.4. The van der Waals surface area contributed by atoms with Crippen LogP contribution in [0.15, 0.2) is 11.6 Å². The van der Waals surface area contributed by atoms with E-state index in [4.69, 9.17) is 5.11 Å². The lowest BCUT2D eigenvalue weighted by Gasteiger charge is -2.16. The van der Waals surface area contributed by atoms with Gasteiger partial charge >= 0.3 is 12.0 Å². The molecule has 0 aromatic heterocycles. The lowest BCUT2D eigenvalue weighted by molar-refractivity contribution is -0.137. The number of hydrogen-bond acceptors (Lipinski definition) is 2. The predicted octanol–water partition coefficient (Wildman–Crippen LogP) is 1.46. The van der Waals surface area contributed by atoms with E-state index in [-0.39, 0.29) is 12.5 Å². The Morgan fingerprint density at radius 3 is 2.50 bits per heavy atom. The summed E-state index contributed by atoms with van der Waals surface area (Å²) in [7, 11) is 1.65. The second-order valence-corrected chi connectivity index (χ2v) is 3.89. The molecule has 0 aliphatic rings.